The lowest BCUT2D eigenvalue weighted by molar-refractivity contribution is -0.763. The average Bonchev–Trinajstić information content (AvgIpc) is 2.31. The van der Waals surface area contributed by atoms with Gasteiger partial charge in [-0.25, -0.2) is 4.48 Å². The summed E-state index contributed by atoms with van der Waals surface area (Å²) in [5.41, 5.74) is 0. The number of nitrogens with zero attached hydrogens (tertiary/aromatic N) is 2. The lowest BCUT2D eigenvalue weighted by Gasteiger charge is -2.23. The van der Waals surface area contributed by atoms with Crippen LogP contribution in [-0.4, -0.2) is 24.4 Å². The molecule has 2 nitrogen and oxygen atoms in total. The van der Waals surface area contributed by atoms with Gasteiger partial charge in [0.2, 0.25) is 10.3 Å². The summed E-state index contributed by atoms with van der Waals surface area (Å²) in [6.45, 7) is 3.12. The molecule has 1 heterocycles. The number of aliphatic imine (C=N–C) groups is 1. The van der Waals surface area contributed by atoms with Crippen LogP contribution in [0.25, 0.3) is 0 Å². The van der Waals surface area contributed by atoms with Crippen molar-refractivity contribution < 1.29 is 4.48 Å². The van der Waals surface area contributed by atoms with Gasteiger partial charge in [0.05, 0.1) is 13.6 Å². The van der Waals surface area contributed by atoms with Gasteiger partial charge in [0.15, 0.2) is 6.34 Å². The van der Waals surface area contributed by atoms with Crippen LogP contribution in [-0.2, 0) is 0 Å². The van der Waals surface area contributed by atoms with E-state index in [1.807, 2.05) is 7.05 Å². The first-order valence-corrected chi connectivity index (χ1v) is 4.82. The van der Waals surface area contributed by atoms with Crippen LogP contribution in [0.4, 0.5) is 0 Å². The summed E-state index contributed by atoms with van der Waals surface area (Å²) in [5, 5.41) is 1.06. The van der Waals surface area contributed by atoms with Crippen molar-refractivity contribution in [3.8, 4) is 0 Å². The van der Waals surface area contributed by atoms with E-state index >= 15 is 0 Å². The third-order valence-corrected chi connectivity index (χ3v) is 2.96. The Labute approximate surface area is 83.1 Å². The molecule has 0 amide bonds. The van der Waals surface area contributed by atoms with Gasteiger partial charge in [-0.3, -0.25) is 0 Å². The zero-order valence-corrected chi connectivity index (χ0v) is 8.86. The second-order valence-electron chi connectivity index (χ2n) is 3.17. The first kappa shape index (κ1) is 10.0. The number of halogens is 2. The van der Waals surface area contributed by atoms with Crippen LogP contribution in [0.1, 0.15) is 19.8 Å². The minimum Gasteiger partial charge on any atom is -0.238 e. The van der Waals surface area contributed by atoms with Crippen molar-refractivity contribution >= 4 is 29.5 Å². The minimum atomic E-state index is 0.426. The van der Waals surface area contributed by atoms with Crippen molar-refractivity contribution in [2.24, 2.45) is 4.99 Å². The first-order chi connectivity index (χ1) is 5.60. The molecule has 12 heavy (non-hydrogen) atoms. The van der Waals surface area contributed by atoms with Crippen LogP contribution >= 0.6 is 23.2 Å². The second-order valence-corrected chi connectivity index (χ2v) is 3.89. The molecule has 1 atom stereocenters. The third-order valence-electron chi connectivity index (χ3n) is 2.02. The van der Waals surface area contributed by atoms with Crippen molar-refractivity contribution in [2.45, 2.75) is 19.8 Å². The van der Waals surface area contributed by atoms with Gasteiger partial charge >= 0.3 is 0 Å². The molecule has 1 rings (SSSR count). The van der Waals surface area contributed by atoms with E-state index in [9.17, 15) is 0 Å². The Hall–Kier alpha value is -0.0500. The molecule has 4 heteroatoms. The maximum absolute atomic E-state index is 6.00. The highest BCUT2D eigenvalue weighted by Gasteiger charge is 2.32. The van der Waals surface area contributed by atoms with Crippen molar-refractivity contribution in [3.63, 3.8) is 0 Å². The van der Waals surface area contributed by atoms with Crippen molar-refractivity contribution in [3.05, 3.63) is 10.3 Å². The number of rotatable bonds is 3. The van der Waals surface area contributed by atoms with Gasteiger partial charge in [-0.05, 0) is 18.0 Å². The molecule has 0 aromatic rings. The molecule has 1 unspecified atom stereocenters. The van der Waals surface area contributed by atoms with E-state index in [0.29, 0.717) is 14.8 Å². The Kier molecular flexibility index (Phi) is 3.16. The summed E-state index contributed by atoms with van der Waals surface area (Å²) < 4.78 is 0.550. The second kappa shape index (κ2) is 3.77. The topological polar surface area (TPSA) is 12.4 Å². The largest absolute Gasteiger partial charge is 0.245 e. The smallest absolute Gasteiger partial charge is 0.238 e. The number of unbranched alkanes of at least 4 members (excludes halogenated alkanes) is 1. The fourth-order valence-corrected chi connectivity index (χ4v) is 1.55. The maximum Gasteiger partial charge on any atom is 0.245 e. The predicted octanol–water partition coefficient (Wildman–Crippen LogP) is 2.88. The monoisotopic (exact) mass is 207 g/mol. The molecule has 0 saturated heterocycles. The van der Waals surface area contributed by atoms with E-state index in [-0.39, 0.29) is 0 Å². The number of hydrogen-bond acceptors (Lipinski definition) is 1. The van der Waals surface area contributed by atoms with E-state index in [4.69, 9.17) is 23.2 Å². The molecule has 0 spiro atoms. The zero-order valence-electron chi connectivity index (χ0n) is 7.35. The van der Waals surface area contributed by atoms with Gasteiger partial charge in [0, 0.05) is 0 Å². The van der Waals surface area contributed by atoms with E-state index in [1.165, 1.54) is 0 Å². The molecule has 1 aliphatic heterocycles. The quantitative estimate of drug-likeness (QED) is 0.499. The van der Waals surface area contributed by atoms with Crippen LogP contribution in [0.15, 0.2) is 15.3 Å². The van der Waals surface area contributed by atoms with Crippen LogP contribution in [0.2, 0.25) is 0 Å². The molecule has 0 radical (unpaired) electrons. The van der Waals surface area contributed by atoms with E-state index in [2.05, 4.69) is 11.9 Å². The molecule has 0 aliphatic carbocycles. The molecule has 0 bridgehead atoms. The lowest BCUT2D eigenvalue weighted by Crippen LogP contribution is -2.38. The Morgan fingerprint density at radius 3 is 2.58 bits per heavy atom. The van der Waals surface area contributed by atoms with Gasteiger partial charge in [-0.1, -0.05) is 24.9 Å². The maximum atomic E-state index is 6.00. The summed E-state index contributed by atoms with van der Waals surface area (Å²) in [6, 6.07) is 0. The highest BCUT2D eigenvalue weighted by atomic mass is 35.5. The van der Waals surface area contributed by atoms with E-state index in [0.717, 1.165) is 19.4 Å². The summed E-state index contributed by atoms with van der Waals surface area (Å²) in [4.78, 5) is 3.98. The van der Waals surface area contributed by atoms with E-state index < -0.39 is 0 Å². The van der Waals surface area contributed by atoms with Crippen molar-refractivity contribution in [1.82, 2.24) is 0 Å². The zero-order chi connectivity index (χ0) is 9.19. The van der Waals surface area contributed by atoms with Crippen molar-refractivity contribution in [2.75, 3.05) is 13.6 Å². The Bertz CT molecular complexity index is 235. The third kappa shape index (κ3) is 1.82. The molecule has 1 aliphatic rings. The SMILES string of the molecule is CCCC[N+]1(C)C=NC(Cl)=C1Cl. The van der Waals surface area contributed by atoms with Gasteiger partial charge in [0.1, 0.15) is 0 Å². The van der Waals surface area contributed by atoms with Crippen molar-refractivity contribution in [1.29, 1.82) is 0 Å². The number of quaternary nitrogens is 1. The Morgan fingerprint density at radius 1 is 1.50 bits per heavy atom. The lowest BCUT2D eigenvalue weighted by atomic mass is 10.3. The van der Waals surface area contributed by atoms with Crippen LogP contribution in [0.3, 0.4) is 0 Å². The molecular weight excluding hydrogens is 195 g/mol. The molecule has 0 fully saturated rings. The standard InChI is InChI=1S/C8H13Cl2N2/c1-3-4-5-12(2)6-11-7(9)8(12)10/h6H,3-5H2,1-2H3/q+1. The molecule has 68 valence electrons. The Morgan fingerprint density at radius 2 is 2.17 bits per heavy atom. The van der Waals surface area contributed by atoms with Gasteiger partial charge in [-0.15, -0.1) is 0 Å². The highest BCUT2D eigenvalue weighted by molar-refractivity contribution is 6.39. The van der Waals surface area contributed by atoms with Gasteiger partial charge < -0.3 is 0 Å². The molecule has 0 aromatic heterocycles. The molecule has 0 saturated carbocycles. The number of hydrogen-bond donors (Lipinski definition) is 0. The summed E-state index contributed by atoms with van der Waals surface area (Å²) in [5.74, 6) is 0. The van der Waals surface area contributed by atoms with Crippen LogP contribution < -0.4 is 0 Å². The fourth-order valence-electron chi connectivity index (χ4n) is 1.14. The normalized spacial score (nSPS) is 28.7. The molecule has 0 N–H and O–H groups in total. The highest BCUT2D eigenvalue weighted by Crippen LogP contribution is 2.29. The van der Waals surface area contributed by atoms with Crippen LogP contribution in [0.5, 0.6) is 0 Å². The summed E-state index contributed by atoms with van der Waals surface area (Å²) in [7, 11) is 2.01. The predicted molar refractivity (Wildman–Crippen MR) is 53.2 cm³/mol. The Balaban J connectivity index is 2.68. The van der Waals surface area contributed by atoms with Gasteiger partial charge in [0.25, 0.3) is 0 Å². The average molecular weight is 208 g/mol. The summed E-state index contributed by atoms with van der Waals surface area (Å²) in [6.07, 6.45) is 4.08. The first-order valence-electron chi connectivity index (χ1n) is 4.06. The van der Waals surface area contributed by atoms with Gasteiger partial charge in [-0.2, -0.15) is 4.99 Å². The minimum absolute atomic E-state index is 0.426. The van der Waals surface area contributed by atoms with Crippen LogP contribution in [0, 0.1) is 0 Å². The molecule has 0 aromatic carbocycles. The van der Waals surface area contributed by atoms with E-state index in [1.54, 1.807) is 6.34 Å². The fraction of sp³-hybridized carbons (Fsp3) is 0.625. The molecular formula is C8H13Cl2N2+. The summed E-state index contributed by atoms with van der Waals surface area (Å²) >= 11 is 11.8.